The number of nitrogens with zero attached hydrogens (tertiary/aromatic N) is 4. The molecule has 0 aliphatic heterocycles. The van der Waals surface area contributed by atoms with E-state index < -0.39 is 12.0 Å². The number of methoxy groups -OCH3 is 1. The topological polar surface area (TPSA) is 124 Å². The fraction of sp³-hybridized carbons (Fsp3) is 0.421. The molecule has 0 fully saturated rings. The largest absolute Gasteiger partial charge is 0.467 e. The molecule has 0 aliphatic rings. The molecule has 1 atom stereocenters. The van der Waals surface area contributed by atoms with Crippen molar-refractivity contribution >= 4 is 23.3 Å². The summed E-state index contributed by atoms with van der Waals surface area (Å²) >= 11 is 0. The maximum Gasteiger partial charge on any atom is 0.328 e. The van der Waals surface area contributed by atoms with Crippen LogP contribution in [0, 0.1) is 5.92 Å². The van der Waals surface area contributed by atoms with Crippen LogP contribution in [-0.4, -0.2) is 44.8 Å². The van der Waals surface area contributed by atoms with Crippen molar-refractivity contribution in [2.45, 2.75) is 39.3 Å². The number of nitrogens with one attached hydrogen (secondary N) is 2. The number of aryl methyl sites for hydroxylation is 1. The van der Waals surface area contributed by atoms with Crippen molar-refractivity contribution in [2.24, 2.45) is 5.92 Å². The first-order valence-corrected chi connectivity index (χ1v) is 9.32. The second kappa shape index (κ2) is 9.18. The maximum absolute atomic E-state index is 12.3. The second-order valence-electron chi connectivity index (χ2n) is 6.85. The third-order valence-electron chi connectivity index (χ3n) is 4.37. The van der Waals surface area contributed by atoms with Crippen molar-refractivity contribution < 1.29 is 18.7 Å². The van der Waals surface area contributed by atoms with E-state index >= 15 is 0 Å². The van der Waals surface area contributed by atoms with Crippen molar-refractivity contribution in [3.8, 4) is 0 Å². The molecule has 3 aromatic heterocycles. The van der Waals surface area contributed by atoms with Crippen molar-refractivity contribution in [2.75, 3.05) is 12.4 Å². The molecular formula is C19H24N6O4. The molecule has 2 N–H and O–H groups in total. The van der Waals surface area contributed by atoms with Gasteiger partial charge in [-0.15, -0.1) is 15.3 Å². The lowest BCUT2D eigenvalue weighted by Gasteiger charge is -2.19. The summed E-state index contributed by atoms with van der Waals surface area (Å²) in [7, 11) is 1.30. The molecule has 0 radical (unpaired) electrons. The van der Waals surface area contributed by atoms with Gasteiger partial charge in [-0.1, -0.05) is 13.8 Å². The zero-order valence-corrected chi connectivity index (χ0v) is 16.6. The Morgan fingerprint density at radius 2 is 2.07 bits per heavy atom. The van der Waals surface area contributed by atoms with E-state index in [2.05, 4.69) is 25.9 Å². The number of hydrogen-bond acceptors (Lipinski definition) is 8. The summed E-state index contributed by atoms with van der Waals surface area (Å²) in [5.41, 5.74) is 0.582. The number of rotatable bonds is 9. The highest BCUT2D eigenvalue weighted by atomic mass is 16.5. The molecule has 0 saturated carbocycles. The molecule has 154 valence electrons. The molecule has 29 heavy (non-hydrogen) atoms. The van der Waals surface area contributed by atoms with Crippen LogP contribution >= 0.6 is 0 Å². The smallest absolute Gasteiger partial charge is 0.328 e. The molecule has 1 unspecified atom stereocenters. The summed E-state index contributed by atoms with van der Waals surface area (Å²) in [5.74, 6) is 1.16. The fourth-order valence-corrected chi connectivity index (χ4v) is 2.77. The monoisotopic (exact) mass is 400 g/mol. The molecule has 0 bridgehead atoms. The summed E-state index contributed by atoms with van der Waals surface area (Å²) in [5, 5.41) is 18.5. The molecule has 10 heteroatoms. The molecule has 1 amide bonds. The number of ether oxygens (including phenoxy) is 1. The zero-order chi connectivity index (χ0) is 20.8. The lowest BCUT2D eigenvalue weighted by atomic mass is 10.0. The van der Waals surface area contributed by atoms with E-state index in [9.17, 15) is 9.59 Å². The van der Waals surface area contributed by atoms with Gasteiger partial charge in [0, 0.05) is 12.8 Å². The average molecular weight is 400 g/mol. The van der Waals surface area contributed by atoms with Gasteiger partial charge in [0.15, 0.2) is 11.5 Å². The molecule has 0 spiro atoms. The van der Waals surface area contributed by atoms with Crippen molar-refractivity contribution in [3.05, 3.63) is 42.1 Å². The van der Waals surface area contributed by atoms with E-state index in [1.807, 2.05) is 26.0 Å². The number of hydrogen-bond donors (Lipinski definition) is 2. The van der Waals surface area contributed by atoms with Gasteiger partial charge in [0.1, 0.15) is 17.6 Å². The lowest BCUT2D eigenvalue weighted by molar-refractivity contribution is -0.146. The SMILES string of the molecule is COC(=O)C(NC(=O)CCc1nnc2ccc(NCc3ccco3)nn12)C(C)C. The van der Waals surface area contributed by atoms with E-state index in [0.717, 1.165) is 5.76 Å². The van der Waals surface area contributed by atoms with Crippen LogP contribution in [0.15, 0.2) is 34.9 Å². The van der Waals surface area contributed by atoms with Crippen LogP contribution in [0.2, 0.25) is 0 Å². The van der Waals surface area contributed by atoms with Gasteiger partial charge in [-0.2, -0.15) is 4.52 Å². The Bertz CT molecular complexity index is 966. The minimum absolute atomic E-state index is 0.0789. The van der Waals surface area contributed by atoms with Gasteiger partial charge in [0.25, 0.3) is 0 Å². The third kappa shape index (κ3) is 5.09. The van der Waals surface area contributed by atoms with Crippen LogP contribution in [0.5, 0.6) is 0 Å². The highest BCUT2D eigenvalue weighted by Gasteiger charge is 2.24. The molecule has 3 heterocycles. The van der Waals surface area contributed by atoms with Crippen LogP contribution in [0.3, 0.4) is 0 Å². The molecular weight excluding hydrogens is 376 g/mol. The van der Waals surface area contributed by atoms with Gasteiger partial charge in [0.2, 0.25) is 5.91 Å². The average Bonchev–Trinajstić information content (AvgIpc) is 3.37. The number of furan rings is 1. The first kappa shape index (κ1) is 20.3. The van der Waals surface area contributed by atoms with Crippen LogP contribution in [0.1, 0.15) is 31.9 Å². The molecule has 0 aliphatic carbocycles. The normalized spacial score (nSPS) is 12.1. The van der Waals surface area contributed by atoms with Crippen LogP contribution < -0.4 is 10.6 Å². The van der Waals surface area contributed by atoms with Crippen LogP contribution in [-0.2, 0) is 27.3 Å². The summed E-state index contributed by atoms with van der Waals surface area (Å²) in [4.78, 5) is 24.1. The van der Waals surface area contributed by atoms with Gasteiger partial charge in [-0.05, 0) is 30.2 Å². The van der Waals surface area contributed by atoms with E-state index in [0.29, 0.717) is 30.3 Å². The minimum Gasteiger partial charge on any atom is -0.467 e. The van der Waals surface area contributed by atoms with Gasteiger partial charge >= 0.3 is 5.97 Å². The van der Waals surface area contributed by atoms with Gasteiger partial charge in [-0.25, -0.2) is 4.79 Å². The molecule has 10 nitrogen and oxygen atoms in total. The van der Waals surface area contributed by atoms with Gasteiger partial charge in [0.05, 0.1) is 19.9 Å². The number of anilines is 1. The Hall–Kier alpha value is -3.43. The molecule has 3 aromatic rings. The Kier molecular flexibility index (Phi) is 6.43. The predicted molar refractivity (Wildman–Crippen MR) is 104 cm³/mol. The summed E-state index contributed by atoms with van der Waals surface area (Å²) in [6.07, 6.45) is 2.08. The summed E-state index contributed by atoms with van der Waals surface area (Å²) in [6, 6.07) is 6.60. The fourth-order valence-electron chi connectivity index (χ4n) is 2.77. The zero-order valence-electron chi connectivity index (χ0n) is 16.6. The Balaban J connectivity index is 1.62. The third-order valence-corrected chi connectivity index (χ3v) is 4.37. The van der Waals surface area contributed by atoms with Gasteiger partial charge < -0.3 is 19.8 Å². The van der Waals surface area contributed by atoms with Crippen LogP contribution in [0.4, 0.5) is 5.82 Å². The summed E-state index contributed by atoms with van der Waals surface area (Å²) < 4.78 is 11.6. The number of aromatic nitrogens is 4. The molecule has 3 rings (SSSR count). The number of esters is 1. The van der Waals surface area contributed by atoms with Crippen molar-refractivity contribution in [3.63, 3.8) is 0 Å². The number of amides is 1. The molecule has 0 aromatic carbocycles. The van der Waals surface area contributed by atoms with Crippen molar-refractivity contribution in [1.29, 1.82) is 0 Å². The van der Waals surface area contributed by atoms with Crippen molar-refractivity contribution in [1.82, 2.24) is 25.1 Å². The predicted octanol–water partition coefficient (Wildman–Crippen LogP) is 1.58. The minimum atomic E-state index is -0.682. The second-order valence-corrected chi connectivity index (χ2v) is 6.85. The summed E-state index contributed by atoms with van der Waals surface area (Å²) in [6.45, 7) is 4.18. The van der Waals surface area contributed by atoms with Crippen LogP contribution in [0.25, 0.3) is 5.65 Å². The maximum atomic E-state index is 12.3. The standard InChI is InChI=1S/C19H24N6O4/c1-12(2)18(19(27)28-3)21-17(26)9-8-16-23-22-15-7-6-14(24-25(15)16)20-11-13-5-4-10-29-13/h4-7,10,12,18H,8-9,11H2,1-3H3,(H,20,24)(H,21,26). The number of carbonyl (C=O) groups excluding carboxylic acids is 2. The quantitative estimate of drug-likeness (QED) is 0.519. The van der Waals surface area contributed by atoms with E-state index in [1.165, 1.54) is 7.11 Å². The Morgan fingerprint density at radius 1 is 1.24 bits per heavy atom. The Morgan fingerprint density at radius 3 is 2.76 bits per heavy atom. The first-order chi connectivity index (χ1) is 14.0. The van der Waals surface area contributed by atoms with E-state index in [1.54, 1.807) is 22.9 Å². The highest BCUT2D eigenvalue weighted by molar-refractivity contribution is 5.84. The highest BCUT2D eigenvalue weighted by Crippen LogP contribution is 2.11. The number of fused-ring (bicyclic) bond motifs is 1. The Labute approximate surface area is 167 Å². The van der Waals surface area contributed by atoms with Gasteiger partial charge in [-0.3, -0.25) is 4.79 Å². The molecule has 0 saturated heterocycles. The lowest BCUT2D eigenvalue weighted by Crippen LogP contribution is -2.45. The van der Waals surface area contributed by atoms with E-state index in [-0.39, 0.29) is 18.2 Å². The first-order valence-electron chi connectivity index (χ1n) is 9.32. The van der Waals surface area contributed by atoms with E-state index in [4.69, 9.17) is 9.15 Å². The number of carbonyl (C=O) groups is 2.